The molecule has 2 aromatic carbocycles. The van der Waals surface area contributed by atoms with Crippen molar-refractivity contribution in [2.24, 2.45) is 0 Å². The molecule has 1 spiro atoms. The molecule has 2 aliphatic heterocycles. The second-order valence-electron chi connectivity index (χ2n) is 6.36. The Morgan fingerprint density at radius 2 is 1.80 bits per heavy atom. The SMILES string of the molecule is O=C1OC2(CCCN(C(=O)c3c(F)cccc3F)C2)c2ccccc21. The lowest BCUT2D eigenvalue weighted by Gasteiger charge is -2.39. The van der Waals surface area contributed by atoms with Crippen LogP contribution in [0.5, 0.6) is 0 Å². The molecule has 0 radical (unpaired) electrons. The Balaban J connectivity index is 1.69. The number of hydrogen-bond donors (Lipinski definition) is 0. The Bertz CT molecular complexity index is 862. The van der Waals surface area contributed by atoms with Gasteiger partial charge in [0.1, 0.15) is 17.2 Å². The van der Waals surface area contributed by atoms with Crippen LogP contribution in [-0.2, 0) is 10.3 Å². The van der Waals surface area contributed by atoms with Gasteiger partial charge < -0.3 is 9.64 Å². The molecule has 2 aliphatic rings. The van der Waals surface area contributed by atoms with Gasteiger partial charge in [-0.3, -0.25) is 4.79 Å². The van der Waals surface area contributed by atoms with Gasteiger partial charge >= 0.3 is 5.97 Å². The van der Waals surface area contributed by atoms with Crippen molar-refractivity contribution >= 4 is 11.9 Å². The van der Waals surface area contributed by atoms with Crippen LogP contribution >= 0.6 is 0 Å². The number of halogens is 2. The summed E-state index contributed by atoms with van der Waals surface area (Å²) in [5.41, 5.74) is -0.305. The first-order valence-corrected chi connectivity index (χ1v) is 8.08. The number of likely N-dealkylation sites (tertiary alicyclic amines) is 1. The number of carbonyl (C=O) groups excluding carboxylic acids is 2. The van der Waals surface area contributed by atoms with E-state index in [9.17, 15) is 18.4 Å². The number of amides is 1. The second kappa shape index (κ2) is 5.65. The molecule has 0 aliphatic carbocycles. The molecule has 2 aromatic rings. The van der Waals surface area contributed by atoms with E-state index in [0.717, 1.165) is 17.7 Å². The third kappa shape index (κ3) is 2.40. The van der Waals surface area contributed by atoms with Crippen LogP contribution in [0.3, 0.4) is 0 Å². The fourth-order valence-electron chi connectivity index (χ4n) is 3.70. The van der Waals surface area contributed by atoms with Gasteiger partial charge in [0.15, 0.2) is 5.60 Å². The number of carbonyl (C=O) groups is 2. The fraction of sp³-hybridized carbons (Fsp3) is 0.263. The van der Waals surface area contributed by atoms with Crippen molar-refractivity contribution in [3.8, 4) is 0 Å². The van der Waals surface area contributed by atoms with Crippen molar-refractivity contribution in [3.63, 3.8) is 0 Å². The van der Waals surface area contributed by atoms with Crippen molar-refractivity contribution in [1.29, 1.82) is 0 Å². The van der Waals surface area contributed by atoms with Crippen LogP contribution in [-0.4, -0.2) is 29.9 Å². The van der Waals surface area contributed by atoms with Crippen molar-refractivity contribution in [2.75, 3.05) is 13.1 Å². The van der Waals surface area contributed by atoms with Crippen molar-refractivity contribution in [3.05, 3.63) is 70.8 Å². The normalized spacial score (nSPS) is 22.0. The van der Waals surface area contributed by atoms with E-state index in [4.69, 9.17) is 4.74 Å². The summed E-state index contributed by atoms with van der Waals surface area (Å²) in [6.07, 6.45) is 1.14. The van der Waals surface area contributed by atoms with E-state index in [-0.39, 0.29) is 6.54 Å². The fourth-order valence-corrected chi connectivity index (χ4v) is 3.70. The van der Waals surface area contributed by atoms with Crippen molar-refractivity contribution in [2.45, 2.75) is 18.4 Å². The molecule has 1 saturated heterocycles. The molecule has 6 heteroatoms. The first-order valence-electron chi connectivity index (χ1n) is 8.08. The number of esters is 1. The molecule has 0 bridgehead atoms. The summed E-state index contributed by atoms with van der Waals surface area (Å²) in [5, 5.41) is 0. The first-order chi connectivity index (χ1) is 12.0. The summed E-state index contributed by atoms with van der Waals surface area (Å²) in [7, 11) is 0. The Morgan fingerprint density at radius 3 is 2.56 bits per heavy atom. The molecule has 4 rings (SSSR count). The molecule has 1 atom stereocenters. The van der Waals surface area contributed by atoms with E-state index in [1.165, 1.54) is 11.0 Å². The zero-order valence-electron chi connectivity index (χ0n) is 13.3. The van der Waals surface area contributed by atoms with E-state index in [2.05, 4.69) is 0 Å². The van der Waals surface area contributed by atoms with E-state index in [1.807, 2.05) is 0 Å². The number of nitrogens with zero attached hydrogens (tertiary/aromatic N) is 1. The number of piperidine rings is 1. The van der Waals surface area contributed by atoms with Gasteiger partial charge in [-0.25, -0.2) is 13.6 Å². The lowest BCUT2D eigenvalue weighted by Crippen LogP contribution is -2.49. The third-order valence-electron chi connectivity index (χ3n) is 4.84. The van der Waals surface area contributed by atoms with Crippen LogP contribution in [0.15, 0.2) is 42.5 Å². The standard InChI is InChI=1S/C19H15F2NO3/c20-14-7-3-8-15(21)16(14)17(23)22-10-4-9-19(11-22)13-6-2-1-5-12(13)18(24)25-19/h1-3,5-8H,4,9-11H2. The van der Waals surface area contributed by atoms with E-state index in [0.29, 0.717) is 24.9 Å². The molecule has 0 saturated carbocycles. The highest BCUT2D eigenvalue weighted by Gasteiger charge is 2.49. The molecule has 1 fully saturated rings. The van der Waals surface area contributed by atoms with Gasteiger partial charge in [-0.2, -0.15) is 0 Å². The maximum atomic E-state index is 14.0. The molecule has 1 unspecified atom stereocenters. The van der Waals surface area contributed by atoms with E-state index >= 15 is 0 Å². The highest BCUT2D eigenvalue weighted by Crippen LogP contribution is 2.43. The molecule has 2 heterocycles. The average Bonchev–Trinajstić information content (AvgIpc) is 2.87. The lowest BCUT2D eigenvalue weighted by atomic mass is 9.85. The van der Waals surface area contributed by atoms with Crippen LogP contribution in [0.2, 0.25) is 0 Å². The maximum Gasteiger partial charge on any atom is 0.339 e. The highest BCUT2D eigenvalue weighted by molar-refractivity contribution is 5.96. The Morgan fingerprint density at radius 1 is 1.08 bits per heavy atom. The summed E-state index contributed by atoms with van der Waals surface area (Å²) in [6, 6.07) is 10.4. The maximum absolute atomic E-state index is 14.0. The summed E-state index contributed by atoms with van der Waals surface area (Å²) in [6.45, 7) is 0.441. The molecule has 1 amide bonds. The predicted molar refractivity (Wildman–Crippen MR) is 85.0 cm³/mol. The van der Waals surface area contributed by atoms with E-state index < -0.39 is 34.7 Å². The van der Waals surface area contributed by atoms with Gasteiger partial charge in [0.2, 0.25) is 0 Å². The van der Waals surface area contributed by atoms with Gasteiger partial charge in [0.05, 0.1) is 12.1 Å². The summed E-state index contributed by atoms with van der Waals surface area (Å²) < 4.78 is 33.5. The Labute approximate surface area is 143 Å². The molecule has 25 heavy (non-hydrogen) atoms. The summed E-state index contributed by atoms with van der Waals surface area (Å²) >= 11 is 0. The van der Waals surface area contributed by atoms with Gasteiger partial charge in [-0.05, 0) is 31.0 Å². The minimum absolute atomic E-state index is 0.0857. The average molecular weight is 343 g/mol. The van der Waals surface area contributed by atoms with E-state index in [1.54, 1.807) is 24.3 Å². The van der Waals surface area contributed by atoms with Crippen LogP contribution in [0.25, 0.3) is 0 Å². The second-order valence-corrected chi connectivity index (χ2v) is 6.36. The van der Waals surface area contributed by atoms with Crippen LogP contribution in [0.4, 0.5) is 8.78 Å². The predicted octanol–water partition coefficient (Wildman–Crippen LogP) is 3.27. The highest BCUT2D eigenvalue weighted by atomic mass is 19.1. The monoisotopic (exact) mass is 343 g/mol. The zero-order valence-corrected chi connectivity index (χ0v) is 13.3. The van der Waals surface area contributed by atoms with Gasteiger partial charge in [-0.15, -0.1) is 0 Å². The van der Waals surface area contributed by atoms with Crippen molar-refractivity contribution < 1.29 is 23.1 Å². The number of hydrogen-bond acceptors (Lipinski definition) is 3. The number of rotatable bonds is 1. The third-order valence-corrected chi connectivity index (χ3v) is 4.84. The van der Waals surface area contributed by atoms with Crippen molar-refractivity contribution in [1.82, 2.24) is 4.90 Å². The number of fused-ring (bicyclic) bond motifs is 2. The Kier molecular flexibility index (Phi) is 3.56. The smallest absolute Gasteiger partial charge is 0.339 e. The molecule has 0 aromatic heterocycles. The molecule has 128 valence electrons. The van der Waals surface area contributed by atoms with Crippen LogP contribution in [0.1, 0.15) is 39.1 Å². The van der Waals surface area contributed by atoms with Crippen LogP contribution in [0, 0.1) is 11.6 Å². The van der Waals surface area contributed by atoms with Crippen LogP contribution < -0.4 is 0 Å². The zero-order chi connectivity index (χ0) is 17.6. The molecule has 0 N–H and O–H groups in total. The van der Waals surface area contributed by atoms with Gasteiger partial charge in [-0.1, -0.05) is 24.3 Å². The van der Waals surface area contributed by atoms with Gasteiger partial charge in [0.25, 0.3) is 5.91 Å². The minimum Gasteiger partial charge on any atom is -0.449 e. The quantitative estimate of drug-likeness (QED) is 0.747. The largest absolute Gasteiger partial charge is 0.449 e. The number of ether oxygens (including phenoxy) is 1. The topological polar surface area (TPSA) is 46.6 Å². The lowest BCUT2D eigenvalue weighted by molar-refractivity contribution is -0.0444. The molecular weight excluding hydrogens is 328 g/mol. The Hall–Kier alpha value is -2.76. The minimum atomic E-state index is -0.941. The van der Waals surface area contributed by atoms with Gasteiger partial charge in [0, 0.05) is 12.1 Å². The first kappa shape index (κ1) is 15.7. The molecular formula is C19H15F2NO3. The summed E-state index contributed by atoms with van der Waals surface area (Å²) in [4.78, 5) is 26.2. The summed E-state index contributed by atoms with van der Waals surface area (Å²) in [5.74, 6) is -2.95. The number of benzene rings is 2. The molecule has 4 nitrogen and oxygen atoms in total.